The van der Waals surface area contributed by atoms with Crippen LogP contribution < -0.4 is 10.1 Å². The number of rotatable bonds is 9. The van der Waals surface area contributed by atoms with E-state index in [9.17, 15) is 0 Å². The number of ether oxygens (including phenoxy) is 2. The van der Waals surface area contributed by atoms with Crippen molar-refractivity contribution in [2.45, 2.75) is 26.3 Å². The summed E-state index contributed by atoms with van der Waals surface area (Å²) in [4.78, 5) is 0. The lowest BCUT2D eigenvalue weighted by molar-refractivity contribution is 0.199. The molecule has 0 spiro atoms. The summed E-state index contributed by atoms with van der Waals surface area (Å²) in [6.45, 7) is 4.93. The highest BCUT2D eigenvalue weighted by atomic mass is 16.5. The highest BCUT2D eigenvalue weighted by Crippen LogP contribution is 2.20. The minimum atomic E-state index is 0.535. The molecule has 104 valence electrons. The van der Waals surface area contributed by atoms with E-state index in [1.807, 2.05) is 12.1 Å². The Hall–Kier alpha value is -1.57. The molecule has 4 nitrogen and oxygen atoms in total. The second-order valence-corrected chi connectivity index (χ2v) is 4.39. The topological polar surface area (TPSA) is 54.3 Å². The number of nitriles is 1. The Bertz CT molecular complexity index is 413. The summed E-state index contributed by atoms with van der Waals surface area (Å²) < 4.78 is 10.7. The first-order valence-electron chi connectivity index (χ1n) is 6.57. The highest BCUT2D eigenvalue weighted by molar-refractivity contribution is 5.36. The molecule has 0 aliphatic carbocycles. The second kappa shape index (κ2) is 9.37. The van der Waals surface area contributed by atoms with Crippen molar-refractivity contribution in [2.24, 2.45) is 0 Å². The van der Waals surface area contributed by atoms with Gasteiger partial charge in [0.05, 0.1) is 19.3 Å². The molecule has 0 unspecified atom stereocenters. The van der Waals surface area contributed by atoms with Crippen molar-refractivity contribution >= 4 is 0 Å². The van der Waals surface area contributed by atoms with E-state index in [0.717, 1.165) is 30.8 Å². The van der Waals surface area contributed by atoms with Gasteiger partial charge >= 0.3 is 0 Å². The lowest BCUT2D eigenvalue weighted by atomic mass is 10.1. The Morgan fingerprint density at radius 1 is 1.32 bits per heavy atom. The van der Waals surface area contributed by atoms with Crippen LogP contribution >= 0.6 is 0 Å². The van der Waals surface area contributed by atoms with Gasteiger partial charge in [-0.2, -0.15) is 5.26 Å². The zero-order valence-electron chi connectivity index (χ0n) is 11.7. The summed E-state index contributed by atoms with van der Waals surface area (Å²) in [5.74, 6) is 0.897. The van der Waals surface area contributed by atoms with Crippen LogP contribution in [0.3, 0.4) is 0 Å². The normalized spacial score (nSPS) is 10.2. The number of unbranched alkanes of at least 4 members (excludes halogenated alkanes) is 1. The SMILES string of the molecule is COCCNCc1cc(C)ccc1OCCCC#N. The summed E-state index contributed by atoms with van der Waals surface area (Å²) in [6.07, 6.45) is 1.30. The van der Waals surface area contributed by atoms with Gasteiger partial charge in [-0.1, -0.05) is 17.7 Å². The van der Waals surface area contributed by atoms with Gasteiger partial charge in [-0.05, 0) is 19.4 Å². The van der Waals surface area contributed by atoms with Crippen LogP contribution in [0, 0.1) is 18.3 Å². The maximum Gasteiger partial charge on any atom is 0.123 e. The molecule has 0 atom stereocenters. The molecule has 0 aliphatic rings. The molecule has 0 fully saturated rings. The molecule has 19 heavy (non-hydrogen) atoms. The number of benzene rings is 1. The number of nitrogens with zero attached hydrogens (tertiary/aromatic N) is 1. The van der Waals surface area contributed by atoms with E-state index in [2.05, 4.69) is 24.4 Å². The van der Waals surface area contributed by atoms with Gasteiger partial charge in [0.1, 0.15) is 5.75 Å². The fourth-order valence-corrected chi connectivity index (χ4v) is 1.72. The Morgan fingerprint density at radius 2 is 2.16 bits per heavy atom. The van der Waals surface area contributed by atoms with Crippen molar-refractivity contribution in [1.29, 1.82) is 5.26 Å². The summed E-state index contributed by atoms with van der Waals surface area (Å²) in [7, 11) is 1.69. The molecule has 1 aromatic rings. The van der Waals surface area contributed by atoms with Gasteiger partial charge in [-0.25, -0.2) is 0 Å². The molecule has 0 saturated heterocycles. The van der Waals surface area contributed by atoms with Crippen molar-refractivity contribution in [3.63, 3.8) is 0 Å². The third-order valence-electron chi connectivity index (χ3n) is 2.70. The Balaban J connectivity index is 2.51. The van der Waals surface area contributed by atoms with E-state index in [1.165, 1.54) is 5.56 Å². The molecule has 1 N–H and O–H groups in total. The molecule has 4 heteroatoms. The highest BCUT2D eigenvalue weighted by Gasteiger charge is 2.04. The van der Waals surface area contributed by atoms with Gasteiger partial charge in [0.25, 0.3) is 0 Å². The van der Waals surface area contributed by atoms with Crippen molar-refractivity contribution in [2.75, 3.05) is 26.9 Å². The average molecular weight is 262 g/mol. The van der Waals surface area contributed by atoms with Crippen molar-refractivity contribution < 1.29 is 9.47 Å². The monoisotopic (exact) mass is 262 g/mol. The van der Waals surface area contributed by atoms with Gasteiger partial charge in [0.15, 0.2) is 0 Å². The van der Waals surface area contributed by atoms with Gasteiger partial charge in [-0.15, -0.1) is 0 Å². The van der Waals surface area contributed by atoms with Gasteiger partial charge in [0, 0.05) is 32.2 Å². The van der Waals surface area contributed by atoms with E-state index >= 15 is 0 Å². The number of hydrogen-bond donors (Lipinski definition) is 1. The van der Waals surface area contributed by atoms with Crippen molar-refractivity contribution in [1.82, 2.24) is 5.32 Å². The molecule has 0 heterocycles. The van der Waals surface area contributed by atoms with Crippen LogP contribution in [0.25, 0.3) is 0 Å². The minimum absolute atomic E-state index is 0.535. The number of aryl methyl sites for hydroxylation is 1. The fraction of sp³-hybridized carbons (Fsp3) is 0.533. The Kier molecular flexibility index (Phi) is 7.64. The third kappa shape index (κ3) is 6.23. The number of methoxy groups -OCH3 is 1. The predicted octanol–water partition coefficient (Wildman–Crippen LogP) is 2.41. The van der Waals surface area contributed by atoms with E-state index < -0.39 is 0 Å². The first kappa shape index (κ1) is 15.5. The van der Waals surface area contributed by atoms with E-state index in [0.29, 0.717) is 19.6 Å². The molecule has 0 aromatic heterocycles. The van der Waals surface area contributed by atoms with Gasteiger partial charge in [-0.3, -0.25) is 0 Å². The molecule has 1 rings (SSSR count). The van der Waals surface area contributed by atoms with Crippen LogP contribution in [0.2, 0.25) is 0 Å². The maximum absolute atomic E-state index is 8.49. The molecule has 0 bridgehead atoms. The standard InChI is InChI=1S/C15H22N2O2/c1-13-5-6-15(19-9-4-3-7-16)14(11-13)12-17-8-10-18-2/h5-6,11,17H,3-4,8-10,12H2,1-2H3. The van der Waals surface area contributed by atoms with Crippen molar-refractivity contribution in [3.05, 3.63) is 29.3 Å². The van der Waals surface area contributed by atoms with Gasteiger partial charge in [0.2, 0.25) is 0 Å². The van der Waals surface area contributed by atoms with Crippen molar-refractivity contribution in [3.8, 4) is 11.8 Å². The number of nitrogens with one attached hydrogen (secondary N) is 1. The first-order valence-corrected chi connectivity index (χ1v) is 6.57. The summed E-state index contributed by atoms with van der Waals surface area (Å²) >= 11 is 0. The average Bonchev–Trinajstić information content (AvgIpc) is 2.41. The quantitative estimate of drug-likeness (QED) is 0.694. The molecule has 0 saturated carbocycles. The zero-order valence-corrected chi connectivity index (χ0v) is 11.7. The summed E-state index contributed by atoms with van der Waals surface area (Å²) in [5, 5.41) is 11.8. The molecule has 0 aliphatic heterocycles. The zero-order chi connectivity index (χ0) is 13.9. The van der Waals surface area contributed by atoms with E-state index in [4.69, 9.17) is 14.7 Å². The molecule has 0 radical (unpaired) electrons. The lowest BCUT2D eigenvalue weighted by Crippen LogP contribution is -2.19. The van der Waals surface area contributed by atoms with Crippen LogP contribution in [0.1, 0.15) is 24.0 Å². The van der Waals surface area contributed by atoms with Crippen LogP contribution in [0.5, 0.6) is 5.75 Å². The van der Waals surface area contributed by atoms with Crippen LogP contribution in [-0.4, -0.2) is 26.9 Å². The third-order valence-corrected chi connectivity index (χ3v) is 2.70. The fourth-order valence-electron chi connectivity index (χ4n) is 1.72. The number of hydrogen-bond acceptors (Lipinski definition) is 4. The predicted molar refractivity (Wildman–Crippen MR) is 75.1 cm³/mol. The molecule has 0 amide bonds. The van der Waals surface area contributed by atoms with Crippen LogP contribution in [0.15, 0.2) is 18.2 Å². The molecule has 1 aromatic carbocycles. The van der Waals surface area contributed by atoms with Crippen LogP contribution in [-0.2, 0) is 11.3 Å². The smallest absolute Gasteiger partial charge is 0.123 e. The molecular weight excluding hydrogens is 240 g/mol. The summed E-state index contributed by atoms with van der Waals surface area (Å²) in [5.41, 5.74) is 2.36. The largest absolute Gasteiger partial charge is 0.493 e. The van der Waals surface area contributed by atoms with Crippen LogP contribution in [0.4, 0.5) is 0 Å². The summed E-state index contributed by atoms with van der Waals surface area (Å²) in [6, 6.07) is 8.28. The Morgan fingerprint density at radius 3 is 2.89 bits per heavy atom. The Labute approximate surface area is 115 Å². The lowest BCUT2D eigenvalue weighted by Gasteiger charge is -2.12. The minimum Gasteiger partial charge on any atom is -0.493 e. The second-order valence-electron chi connectivity index (χ2n) is 4.39. The van der Waals surface area contributed by atoms with E-state index in [1.54, 1.807) is 7.11 Å². The maximum atomic E-state index is 8.49. The first-order chi connectivity index (χ1) is 9.27. The molecular formula is C15H22N2O2. The van der Waals surface area contributed by atoms with E-state index in [-0.39, 0.29) is 0 Å². The van der Waals surface area contributed by atoms with Gasteiger partial charge < -0.3 is 14.8 Å².